The summed E-state index contributed by atoms with van der Waals surface area (Å²) in [5, 5.41) is 6.21. The first-order valence-electron chi connectivity index (χ1n) is 9.27. The molecule has 0 unspecified atom stereocenters. The van der Waals surface area contributed by atoms with Crippen LogP contribution in [0.5, 0.6) is 0 Å². The van der Waals surface area contributed by atoms with E-state index in [1.54, 1.807) is 6.07 Å². The summed E-state index contributed by atoms with van der Waals surface area (Å²) in [7, 11) is 4.03. The summed E-state index contributed by atoms with van der Waals surface area (Å²) >= 11 is 0. The van der Waals surface area contributed by atoms with Gasteiger partial charge in [-0.15, -0.1) is 0 Å². The fraction of sp³-hybridized carbons (Fsp3) is 0.227. The van der Waals surface area contributed by atoms with Crippen molar-refractivity contribution in [1.82, 2.24) is 20.2 Å². The number of anilines is 1. The van der Waals surface area contributed by atoms with E-state index in [1.807, 2.05) is 74.8 Å². The average molecular weight is 375 g/mol. The highest BCUT2D eigenvalue weighted by molar-refractivity contribution is 5.93. The fourth-order valence-electron chi connectivity index (χ4n) is 2.65. The summed E-state index contributed by atoms with van der Waals surface area (Å²) in [5.41, 5.74) is 2.26. The Morgan fingerprint density at radius 2 is 1.64 bits per heavy atom. The highest BCUT2D eigenvalue weighted by Crippen LogP contribution is 2.18. The van der Waals surface area contributed by atoms with Crippen molar-refractivity contribution < 1.29 is 4.79 Å². The van der Waals surface area contributed by atoms with Crippen LogP contribution in [0.15, 0.2) is 66.7 Å². The van der Waals surface area contributed by atoms with Crippen molar-refractivity contribution in [2.24, 2.45) is 0 Å². The molecule has 6 nitrogen and oxygen atoms in total. The standard InChI is InChI=1S/C22H25N5O/c1-27(2)14-13-23-20-15-19(22(28)24-16-17-9-5-3-6-10-17)25-21(26-20)18-11-7-4-8-12-18/h3-12,15H,13-14,16H2,1-2H3,(H,24,28)(H,23,25,26). The summed E-state index contributed by atoms with van der Waals surface area (Å²) in [6, 6.07) is 21.2. The van der Waals surface area contributed by atoms with Crippen LogP contribution in [0.2, 0.25) is 0 Å². The molecule has 2 N–H and O–H groups in total. The first-order chi connectivity index (χ1) is 13.6. The van der Waals surface area contributed by atoms with Crippen LogP contribution >= 0.6 is 0 Å². The Balaban J connectivity index is 1.80. The summed E-state index contributed by atoms with van der Waals surface area (Å²) in [4.78, 5) is 23.8. The van der Waals surface area contributed by atoms with E-state index in [1.165, 1.54) is 0 Å². The van der Waals surface area contributed by atoms with Gasteiger partial charge in [0.25, 0.3) is 5.91 Å². The van der Waals surface area contributed by atoms with Crippen LogP contribution in [0.1, 0.15) is 16.1 Å². The predicted octanol–water partition coefficient (Wildman–Crippen LogP) is 3.05. The third-order valence-corrected chi connectivity index (χ3v) is 4.15. The first-order valence-corrected chi connectivity index (χ1v) is 9.27. The number of rotatable bonds is 8. The zero-order chi connectivity index (χ0) is 19.8. The van der Waals surface area contributed by atoms with Gasteiger partial charge in [0.2, 0.25) is 0 Å². The maximum Gasteiger partial charge on any atom is 0.270 e. The van der Waals surface area contributed by atoms with Crippen molar-refractivity contribution in [3.63, 3.8) is 0 Å². The smallest absolute Gasteiger partial charge is 0.270 e. The number of carbonyl (C=O) groups is 1. The minimum atomic E-state index is -0.223. The lowest BCUT2D eigenvalue weighted by Crippen LogP contribution is -2.25. The SMILES string of the molecule is CN(C)CCNc1cc(C(=O)NCc2ccccc2)nc(-c2ccccc2)n1. The second kappa shape index (κ2) is 9.62. The number of carbonyl (C=O) groups excluding carboxylic acids is 1. The van der Waals surface area contributed by atoms with E-state index in [4.69, 9.17) is 0 Å². The molecule has 0 saturated heterocycles. The molecule has 1 heterocycles. The summed E-state index contributed by atoms with van der Waals surface area (Å²) < 4.78 is 0. The van der Waals surface area contributed by atoms with Crippen LogP contribution in [0.25, 0.3) is 11.4 Å². The Kier molecular flexibility index (Phi) is 6.70. The third kappa shape index (κ3) is 5.62. The van der Waals surface area contributed by atoms with Gasteiger partial charge in [-0.25, -0.2) is 9.97 Å². The molecular weight excluding hydrogens is 350 g/mol. The van der Waals surface area contributed by atoms with Crippen molar-refractivity contribution in [2.45, 2.75) is 6.54 Å². The summed E-state index contributed by atoms with van der Waals surface area (Å²) in [6.45, 7) is 2.04. The molecule has 3 rings (SSSR count). The lowest BCUT2D eigenvalue weighted by molar-refractivity contribution is 0.0946. The minimum absolute atomic E-state index is 0.223. The predicted molar refractivity (Wildman–Crippen MR) is 112 cm³/mol. The van der Waals surface area contributed by atoms with Crippen LogP contribution in [0.3, 0.4) is 0 Å². The van der Waals surface area contributed by atoms with Crippen LogP contribution in [0, 0.1) is 0 Å². The molecule has 0 bridgehead atoms. The molecule has 0 saturated carbocycles. The molecule has 28 heavy (non-hydrogen) atoms. The molecule has 0 fully saturated rings. The van der Waals surface area contributed by atoms with Crippen molar-refractivity contribution in [3.8, 4) is 11.4 Å². The molecule has 0 spiro atoms. The number of nitrogens with one attached hydrogen (secondary N) is 2. The molecule has 0 aliphatic heterocycles. The Morgan fingerprint density at radius 1 is 0.964 bits per heavy atom. The topological polar surface area (TPSA) is 70.2 Å². The monoisotopic (exact) mass is 375 g/mol. The van der Waals surface area contributed by atoms with E-state index in [2.05, 4.69) is 25.5 Å². The zero-order valence-corrected chi connectivity index (χ0v) is 16.2. The largest absolute Gasteiger partial charge is 0.369 e. The zero-order valence-electron chi connectivity index (χ0n) is 16.2. The Morgan fingerprint density at radius 3 is 2.32 bits per heavy atom. The molecule has 1 aromatic heterocycles. The number of benzene rings is 2. The number of aromatic nitrogens is 2. The van der Waals surface area contributed by atoms with Crippen LogP contribution in [-0.4, -0.2) is 48.0 Å². The number of likely N-dealkylation sites (N-methyl/N-ethyl adjacent to an activating group) is 1. The van der Waals surface area contributed by atoms with Gasteiger partial charge in [0.15, 0.2) is 5.82 Å². The second-order valence-corrected chi connectivity index (χ2v) is 6.73. The highest BCUT2D eigenvalue weighted by atomic mass is 16.1. The van der Waals surface area contributed by atoms with E-state index in [9.17, 15) is 4.79 Å². The number of nitrogens with zero attached hydrogens (tertiary/aromatic N) is 3. The lowest BCUT2D eigenvalue weighted by Gasteiger charge is -2.13. The van der Waals surface area contributed by atoms with Gasteiger partial charge in [-0.2, -0.15) is 0 Å². The molecule has 0 aliphatic carbocycles. The number of hydrogen-bond acceptors (Lipinski definition) is 5. The van der Waals surface area contributed by atoms with Gasteiger partial charge in [0, 0.05) is 31.3 Å². The van der Waals surface area contributed by atoms with Gasteiger partial charge < -0.3 is 15.5 Å². The van der Waals surface area contributed by atoms with E-state index in [-0.39, 0.29) is 5.91 Å². The van der Waals surface area contributed by atoms with Crippen molar-refractivity contribution >= 4 is 11.7 Å². The molecule has 0 atom stereocenters. The van der Waals surface area contributed by atoms with E-state index in [0.717, 1.165) is 24.2 Å². The number of hydrogen-bond donors (Lipinski definition) is 2. The lowest BCUT2D eigenvalue weighted by atomic mass is 10.2. The van der Waals surface area contributed by atoms with E-state index < -0.39 is 0 Å². The van der Waals surface area contributed by atoms with E-state index in [0.29, 0.717) is 23.9 Å². The Hall–Kier alpha value is -3.25. The first kappa shape index (κ1) is 19.5. The number of amides is 1. The molecule has 6 heteroatoms. The fourth-order valence-corrected chi connectivity index (χ4v) is 2.65. The minimum Gasteiger partial charge on any atom is -0.369 e. The Labute approximate surface area is 165 Å². The maximum atomic E-state index is 12.7. The molecule has 0 radical (unpaired) electrons. The van der Waals surface area contributed by atoms with Gasteiger partial charge in [-0.05, 0) is 19.7 Å². The van der Waals surface area contributed by atoms with Gasteiger partial charge in [-0.1, -0.05) is 60.7 Å². The van der Waals surface area contributed by atoms with Gasteiger partial charge >= 0.3 is 0 Å². The molecular formula is C22H25N5O. The molecule has 2 aromatic carbocycles. The van der Waals surface area contributed by atoms with Gasteiger partial charge in [0.05, 0.1) is 0 Å². The summed E-state index contributed by atoms with van der Waals surface area (Å²) in [6.07, 6.45) is 0. The second-order valence-electron chi connectivity index (χ2n) is 6.73. The molecule has 144 valence electrons. The normalized spacial score (nSPS) is 10.7. The van der Waals surface area contributed by atoms with Crippen molar-refractivity contribution in [2.75, 3.05) is 32.5 Å². The van der Waals surface area contributed by atoms with Crippen LogP contribution in [-0.2, 0) is 6.54 Å². The van der Waals surface area contributed by atoms with Crippen LogP contribution in [0.4, 0.5) is 5.82 Å². The molecule has 1 amide bonds. The maximum absolute atomic E-state index is 12.7. The third-order valence-electron chi connectivity index (χ3n) is 4.15. The molecule has 3 aromatic rings. The quantitative estimate of drug-likeness (QED) is 0.633. The highest BCUT2D eigenvalue weighted by Gasteiger charge is 2.13. The van der Waals surface area contributed by atoms with Gasteiger partial charge in [0.1, 0.15) is 11.5 Å². The van der Waals surface area contributed by atoms with Crippen molar-refractivity contribution in [3.05, 3.63) is 78.0 Å². The van der Waals surface area contributed by atoms with Crippen LogP contribution < -0.4 is 10.6 Å². The Bertz CT molecular complexity index is 897. The molecule has 0 aliphatic rings. The summed E-state index contributed by atoms with van der Waals surface area (Å²) in [5.74, 6) is 0.944. The van der Waals surface area contributed by atoms with E-state index >= 15 is 0 Å². The van der Waals surface area contributed by atoms with Gasteiger partial charge in [-0.3, -0.25) is 4.79 Å². The average Bonchev–Trinajstić information content (AvgIpc) is 2.73. The van der Waals surface area contributed by atoms with Crippen molar-refractivity contribution in [1.29, 1.82) is 0 Å².